The number of hydrogen-bond donors (Lipinski definition) is 0. The van der Waals surface area contributed by atoms with Gasteiger partial charge in [-0.1, -0.05) is 32.1 Å². The van der Waals surface area contributed by atoms with Gasteiger partial charge in [-0.25, -0.2) is 19.6 Å². The highest BCUT2D eigenvalue weighted by Crippen LogP contribution is 2.39. The molecule has 1 atom stereocenters. The van der Waals surface area contributed by atoms with E-state index in [1.54, 1.807) is 17.1 Å². The van der Waals surface area contributed by atoms with Crippen LogP contribution < -0.4 is 4.90 Å². The summed E-state index contributed by atoms with van der Waals surface area (Å²) in [6, 6.07) is 7.74. The fourth-order valence-corrected chi connectivity index (χ4v) is 6.00. The summed E-state index contributed by atoms with van der Waals surface area (Å²) in [5.74, 6) is 1.93. The number of anilines is 1. The zero-order chi connectivity index (χ0) is 28.8. The first kappa shape index (κ1) is 25.4. The van der Waals surface area contributed by atoms with Gasteiger partial charge in [0.15, 0.2) is 5.65 Å². The van der Waals surface area contributed by atoms with Gasteiger partial charge in [-0.2, -0.15) is 0 Å². The topological polar surface area (TPSA) is 96.0 Å². The van der Waals surface area contributed by atoms with E-state index in [1.807, 2.05) is 29.0 Å². The predicted octanol–water partition coefficient (Wildman–Crippen LogP) is 5.91. The molecular weight excluding hydrogens is 520 g/mol. The van der Waals surface area contributed by atoms with Crippen LogP contribution in [0.15, 0.2) is 54.9 Å². The largest absolute Gasteiger partial charge is 0.545 e. The molecule has 0 amide bonds. The molecule has 11 heteroatoms. The van der Waals surface area contributed by atoms with Crippen molar-refractivity contribution in [3.8, 4) is 11.3 Å². The van der Waals surface area contributed by atoms with Crippen molar-refractivity contribution in [2.45, 2.75) is 77.4 Å². The van der Waals surface area contributed by atoms with Crippen LogP contribution in [0.25, 0.3) is 22.4 Å². The highest BCUT2D eigenvalue weighted by atomic mass is 28.4. The predicted molar refractivity (Wildman–Crippen MR) is 157 cm³/mol. The van der Waals surface area contributed by atoms with Crippen LogP contribution in [0.2, 0.25) is 18.1 Å². The van der Waals surface area contributed by atoms with Crippen molar-refractivity contribution in [3.05, 3.63) is 60.6 Å². The average molecular weight is 560 g/mol. The van der Waals surface area contributed by atoms with E-state index < -0.39 is 8.32 Å². The Morgan fingerprint density at radius 2 is 2.05 bits per heavy atom. The third-order valence-corrected chi connectivity index (χ3v) is 12.6. The lowest BCUT2D eigenvalue weighted by Gasteiger charge is -2.36. The number of ether oxygens (including phenoxy) is 1. The molecule has 4 aromatic heterocycles. The molecule has 6 heterocycles. The molecule has 1 saturated heterocycles. The summed E-state index contributed by atoms with van der Waals surface area (Å²) < 4.78 is 24.5. The zero-order valence-electron chi connectivity index (χ0n) is 25.0. The van der Waals surface area contributed by atoms with Crippen molar-refractivity contribution < 1.29 is 10.5 Å². The molecule has 0 bridgehead atoms. The van der Waals surface area contributed by atoms with Gasteiger partial charge >= 0.3 is 0 Å². The van der Waals surface area contributed by atoms with Crippen LogP contribution in [0, 0.1) is 0 Å². The summed E-state index contributed by atoms with van der Waals surface area (Å²) in [6.07, 6.45) is 9.73. The molecule has 0 radical (unpaired) electrons. The summed E-state index contributed by atoms with van der Waals surface area (Å²) in [4.78, 5) is 16.2. The highest BCUT2D eigenvalue weighted by molar-refractivity contribution is 6.74. The molecule has 0 aromatic carbocycles. The third kappa shape index (κ3) is 5.27. The molecule has 0 spiro atoms. The second-order valence-corrected chi connectivity index (χ2v) is 16.9. The normalized spacial score (nSPS) is 18.7. The van der Waals surface area contributed by atoms with Crippen molar-refractivity contribution in [2.75, 3.05) is 18.1 Å². The minimum Gasteiger partial charge on any atom is -0.545 e. The highest BCUT2D eigenvalue weighted by Gasteiger charge is 2.40. The lowest BCUT2D eigenvalue weighted by Crippen LogP contribution is -2.40. The quantitative estimate of drug-likeness (QED) is 0.258. The maximum absolute atomic E-state index is 8.33. The molecule has 1 unspecified atom stereocenters. The second-order valence-electron chi connectivity index (χ2n) is 12.1. The smallest absolute Gasteiger partial charge is 0.250 e. The molecule has 40 heavy (non-hydrogen) atoms. The fraction of sp³-hybridized carbons (Fsp3) is 0.483. The molecule has 2 aliphatic rings. The van der Waals surface area contributed by atoms with Gasteiger partial charge in [0.2, 0.25) is 8.32 Å². The van der Waals surface area contributed by atoms with Crippen molar-refractivity contribution >= 4 is 25.3 Å². The number of hydrogen-bond acceptors (Lipinski definition) is 8. The molecule has 1 fully saturated rings. The van der Waals surface area contributed by atoms with Crippen LogP contribution in [0.4, 0.5) is 5.82 Å². The number of imidazole rings is 1. The summed E-state index contributed by atoms with van der Waals surface area (Å²) in [5, 5.41) is 8.95. The van der Waals surface area contributed by atoms with Gasteiger partial charge in [-0.05, 0) is 55.6 Å². The molecule has 2 aliphatic heterocycles. The number of fused-ring (bicyclic) bond motifs is 1. The summed E-state index contributed by atoms with van der Waals surface area (Å²) in [5.41, 5.74) is 3.59. The Hall–Kier alpha value is -3.57. The van der Waals surface area contributed by atoms with E-state index in [-0.39, 0.29) is 17.4 Å². The minimum atomic E-state index is -1.88. The molecule has 4 aromatic rings. The zero-order valence-corrected chi connectivity index (χ0v) is 25.0. The van der Waals surface area contributed by atoms with Gasteiger partial charge in [0, 0.05) is 37.5 Å². The van der Waals surface area contributed by atoms with Crippen molar-refractivity contribution in [1.82, 2.24) is 34.5 Å². The monoisotopic (exact) mass is 559 g/mol. The van der Waals surface area contributed by atoms with Crippen molar-refractivity contribution in [2.24, 2.45) is 0 Å². The van der Waals surface area contributed by atoms with E-state index >= 15 is 0 Å². The summed E-state index contributed by atoms with van der Waals surface area (Å²) in [6.45, 7) is 13.4. The third-order valence-electron chi connectivity index (χ3n) is 8.18. The van der Waals surface area contributed by atoms with E-state index in [0.29, 0.717) is 23.4 Å². The van der Waals surface area contributed by atoms with Gasteiger partial charge < -0.3 is 14.1 Å². The number of nitrogens with zero attached hydrogens (tertiary/aromatic N) is 8. The Labute approximate surface area is 237 Å². The van der Waals surface area contributed by atoms with Gasteiger partial charge in [0.1, 0.15) is 23.3 Å². The second kappa shape index (κ2) is 10.4. The first-order valence-electron chi connectivity index (χ1n) is 14.6. The molecule has 0 aliphatic carbocycles. The lowest BCUT2D eigenvalue weighted by molar-refractivity contribution is -0.0298. The van der Waals surface area contributed by atoms with E-state index in [0.717, 1.165) is 61.7 Å². The summed E-state index contributed by atoms with van der Waals surface area (Å²) in [7, 11) is -1.88. The Kier molecular flexibility index (Phi) is 6.63. The van der Waals surface area contributed by atoms with E-state index in [2.05, 4.69) is 65.2 Å². The Morgan fingerprint density at radius 1 is 1.18 bits per heavy atom. The van der Waals surface area contributed by atoms with Crippen LogP contribution in [-0.4, -0.2) is 56.0 Å². The van der Waals surface area contributed by atoms with Gasteiger partial charge in [0.05, 0.1) is 31.9 Å². The Bertz CT molecular complexity index is 1590. The minimum absolute atomic E-state index is 0.106. The fourth-order valence-electron chi connectivity index (χ4n) is 4.88. The van der Waals surface area contributed by atoms with E-state index in [4.69, 9.17) is 15.5 Å². The van der Waals surface area contributed by atoms with Crippen LogP contribution in [-0.2, 0) is 15.7 Å². The SMILES string of the molecule is [2H]c1cc(-c2cn(Cc3cccc(N4C=C(O[Si](C)(C)C(C)(C)C)CC4)n3)nn2)c2ncn(C3CCCCO3)c2n1. The molecular formula is C29H38N8O2Si. The van der Waals surface area contributed by atoms with Crippen LogP contribution in [0.3, 0.4) is 0 Å². The van der Waals surface area contributed by atoms with Crippen LogP contribution in [0.5, 0.6) is 0 Å². The molecule has 0 N–H and O–H groups in total. The maximum atomic E-state index is 8.33. The summed E-state index contributed by atoms with van der Waals surface area (Å²) >= 11 is 0. The molecule has 210 valence electrons. The first-order chi connectivity index (χ1) is 19.6. The van der Waals surface area contributed by atoms with Crippen LogP contribution >= 0.6 is 0 Å². The van der Waals surface area contributed by atoms with E-state index in [9.17, 15) is 0 Å². The van der Waals surface area contributed by atoms with Gasteiger partial charge in [-0.3, -0.25) is 4.57 Å². The molecule has 0 saturated carbocycles. The van der Waals surface area contributed by atoms with Crippen LogP contribution in [0.1, 0.15) is 59.7 Å². The van der Waals surface area contributed by atoms with Gasteiger partial charge in [0.25, 0.3) is 0 Å². The number of rotatable bonds is 7. The molecule has 10 nitrogen and oxygen atoms in total. The number of aromatic nitrogens is 7. The number of pyridine rings is 2. The standard InChI is InChI=1S/C29H38N8O2Si/c1-29(2,3)40(4,5)39-22-13-15-35(18-22)25-10-8-9-21(32-25)17-36-19-24(33-34-36)23-12-14-30-28-27(23)31-20-37(28)26-11-6-7-16-38-26/h8-10,12,14,18-20,26H,6-7,11,13,15-17H2,1-5H3/i14D. The van der Waals surface area contributed by atoms with Crippen molar-refractivity contribution in [3.63, 3.8) is 0 Å². The Balaban J connectivity index is 1.20. The first-order valence-corrected chi connectivity index (χ1v) is 17.0. The lowest BCUT2D eigenvalue weighted by atomic mass is 10.1. The Morgan fingerprint density at radius 3 is 2.85 bits per heavy atom. The van der Waals surface area contributed by atoms with E-state index in [1.165, 1.54) is 0 Å². The van der Waals surface area contributed by atoms with Crippen molar-refractivity contribution in [1.29, 1.82) is 0 Å². The average Bonchev–Trinajstić information content (AvgIpc) is 3.68. The van der Waals surface area contributed by atoms with Gasteiger partial charge in [-0.15, -0.1) is 5.10 Å². The molecule has 6 rings (SSSR count). The maximum Gasteiger partial charge on any atom is 0.250 e.